The Bertz CT molecular complexity index is 760. The van der Waals surface area contributed by atoms with Gasteiger partial charge in [0.1, 0.15) is 5.75 Å². The molecule has 0 saturated carbocycles. The molecule has 0 amide bonds. The molecule has 0 bridgehead atoms. The second-order valence-electron chi connectivity index (χ2n) is 8.27. The molecular formula is C18H26O4S. The van der Waals surface area contributed by atoms with Gasteiger partial charge in [0.05, 0.1) is 10.6 Å². The van der Waals surface area contributed by atoms with Crippen molar-refractivity contribution in [1.29, 1.82) is 0 Å². The molecule has 0 aliphatic carbocycles. The number of benzene rings is 1. The Kier molecular flexibility index (Phi) is 4.17. The number of ether oxygens (including phenoxy) is 1. The summed E-state index contributed by atoms with van der Waals surface area (Å²) in [4.78, 5) is 12.1. The van der Waals surface area contributed by atoms with Crippen LogP contribution in [0.4, 0.5) is 0 Å². The maximum absolute atomic E-state index is 12.4. The molecule has 1 aliphatic rings. The van der Waals surface area contributed by atoms with E-state index in [9.17, 15) is 13.2 Å². The number of sulfone groups is 1. The largest absolute Gasteiger partial charge is 0.426 e. The molecule has 1 aromatic rings. The first kappa shape index (κ1) is 18.0. The van der Waals surface area contributed by atoms with Gasteiger partial charge in [-0.25, -0.2) is 8.42 Å². The minimum atomic E-state index is -3.26. The monoisotopic (exact) mass is 338 g/mol. The van der Waals surface area contributed by atoms with E-state index < -0.39 is 9.84 Å². The Labute approximate surface area is 139 Å². The summed E-state index contributed by atoms with van der Waals surface area (Å²) in [5.41, 5.74) is 1.76. The normalized spacial score (nSPS) is 17.0. The van der Waals surface area contributed by atoms with Gasteiger partial charge in [-0.3, -0.25) is 4.79 Å². The first-order chi connectivity index (χ1) is 10.2. The number of esters is 1. The molecule has 0 spiro atoms. The Morgan fingerprint density at radius 2 is 1.65 bits per heavy atom. The Hall–Kier alpha value is -1.36. The highest BCUT2D eigenvalue weighted by molar-refractivity contribution is 7.91. The zero-order valence-electron chi connectivity index (χ0n) is 15.0. The van der Waals surface area contributed by atoms with Gasteiger partial charge in [-0.2, -0.15) is 0 Å². The lowest BCUT2D eigenvalue weighted by atomic mass is 9.77. The molecule has 4 nitrogen and oxygen atoms in total. The summed E-state index contributed by atoms with van der Waals surface area (Å²) >= 11 is 0. The fraction of sp³-hybridized carbons (Fsp3) is 0.611. The van der Waals surface area contributed by atoms with Crippen LogP contribution in [0.2, 0.25) is 0 Å². The van der Waals surface area contributed by atoms with Gasteiger partial charge in [-0.05, 0) is 28.9 Å². The summed E-state index contributed by atoms with van der Waals surface area (Å²) in [6.07, 6.45) is 0.475. The van der Waals surface area contributed by atoms with Crippen LogP contribution in [0.5, 0.6) is 5.75 Å². The van der Waals surface area contributed by atoms with E-state index >= 15 is 0 Å². The smallest absolute Gasteiger partial charge is 0.308 e. The highest BCUT2D eigenvalue weighted by atomic mass is 32.2. The molecule has 1 heterocycles. The van der Waals surface area contributed by atoms with Gasteiger partial charge in [0.2, 0.25) is 0 Å². The van der Waals surface area contributed by atoms with E-state index in [1.807, 2.05) is 41.5 Å². The predicted molar refractivity (Wildman–Crippen MR) is 90.9 cm³/mol. The molecule has 0 fully saturated rings. The SMILES string of the molecule is CC(=O)Oc1c(C(C)(C)C)cc2c(c1C(C)(C)C)CCS2(=O)=O. The lowest BCUT2D eigenvalue weighted by Gasteiger charge is -2.31. The number of hydrogen-bond acceptors (Lipinski definition) is 4. The number of fused-ring (bicyclic) bond motifs is 1. The molecule has 0 radical (unpaired) electrons. The quantitative estimate of drug-likeness (QED) is 0.580. The van der Waals surface area contributed by atoms with Gasteiger partial charge in [-0.1, -0.05) is 41.5 Å². The highest BCUT2D eigenvalue weighted by Crippen LogP contribution is 2.46. The molecule has 23 heavy (non-hydrogen) atoms. The molecule has 1 aromatic carbocycles. The maximum atomic E-state index is 12.4. The third-order valence-corrected chi connectivity index (χ3v) is 5.88. The molecule has 1 aliphatic heterocycles. The van der Waals surface area contributed by atoms with Gasteiger partial charge in [0.25, 0.3) is 0 Å². The van der Waals surface area contributed by atoms with Crippen LogP contribution in [-0.4, -0.2) is 20.1 Å². The zero-order valence-corrected chi connectivity index (χ0v) is 15.8. The Balaban J connectivity index is 2.97. The van der Waals surface area contributed by atoms with Crippen LogP contribution in [0.1, 0.15) is 65.2 Å². The zero-order chi connectivity index (χ0) is 17.8. The third-order valence-electron chi connectivity index (χ3n) is 4.11. The molecular weight excluding hydrogens is 312 g/mol. The van der Waals surface area contributed by atoms with Gasteiger partial charge < -0.3 is 4.74 Å². The van der Waals surface area contributed by atoms with Gasteiger partial charge in [0.15, 0.2) is 9.84 Å². The summed E-state index contributed by atoms with van der Waals surface area (Å²) in [7, 11) is -3.26. The molecule has 0 N–H and O–H groups in total. The average molecular weight is 338 g/mol. The first-order valence-electron chi connectivity index (χ1n) is 7.87. The summed E-state index contributed by atoms with van der Waals surface area (Å²) in [5, 5.41) is 0. The Morgan fingerprint density at radius 3 is 2.09 bits per heavy atom. The van der Waals surface area contributed by atoms with Crippen LogP contribution in [0, 0.1) is 0 Å². The number of carbonyl (C=O) groups is 1. The standard InChI is InChI=1S/C18H26O4S/c1-11(19)22-16-13(17(2,3)4)10-14-12(8-9-23(14,20)21)15(16)18(5,6)7/h10H,8-9H2,1-7H3. The molecule has 0 unspecified atom stereocenters. The van der Waals surface area contributed by atoms with Crippen molar-refractivity contribution in [2.75, 3.05) is 5.75 Å². The minimum Gasteiger partial charge on any atom is -0.426 e. The molecule has 2 rings (SSSR count). The van der Waals surface area contributed by atoms with E-state index in [2.05, 4.69) is 0 Å². The van der Waals surface area contributed by atoms with Crippen molar-refractivity contribution in [2.24, 2.45) is 0 Å². The predicted octanol–water partition coefficient (Wildman–Crippen LogP) is 3.54. The minimum absolute atomic E-state index is 0.124. The van der Waals surface area contributed by atoms with E-state index in [0.29, 0.717) is 17.1 Å². The highest BCUT2D eigenvalue weighted by Gasteiger charge is 2.38. The van der Waals surface area contributed by atoms with E-state index in [4.69, 9.17) is 4.74 Å². The van der Waals surface area contributed by atoms with Crippen molar-refractivity contribution in [3.05, 3.63) is 22.8 Å². The van der Waals surface area contributed by atoms with Crippen LogP contribution in [0.15, 0.2) is 11.0 Å². The van der Waals surface area contributed by atoms with Crippen LogP contribution in [-0.2, 0) is 31.9 Å². The van der Waals surface area contributed by atoms with Gasteiger partial charge in [0, 0.05) is 18.1 Å². The molecule has 5 heteroatoms. The lowest BCUT2D eigenvalue weighted by molar-refractivity contribution is -0.132. The van der Waals surface area contributed by atoms with Crippen LogP contribution < -0.4 is 4.74 Å². The van der Waals surface area contributed by atoms with E-state index in [1.165, 1.54) is 6.92 Å². The fourth-order valence-electron chi connectivity index (χ4n) is 3.15. The Morgan fingerprint density at radius 1 is 1.09 bits per heavy atom. The molecule has 0 aromatic heterocycles. The summed E-state index contributed by atoms with van der Waals surface area (Å²) in [6, 6.07) is 1.71. The van der Waals surface area contributed by atoms with Crippen LogP contribution in [0.25, 0.3) is 0 Å². The lowest BCUT2D eigenvalue weighted by Crippen LogP contribution is -2.23. The van der Waals surface area contributed by atoms with Crippen molar-refractivity contribution in [3.8, 4) is 5.75 Å². The molecule has 0 atom stereocenters. The number of carbonyl (C=O) groups excluding carboxylic acids is 1. The summed E-state index contributed by atoms with van der Waals surface area (Å²) < 4.78 is 30.5. The van der Waals surface area contributed by atoms with Crippen molar-refractivity contribution >= 4 is 15.8 Å². The molecule has 128 valence electrons. The first-order valence-corrected chi connectivity index (χ1v) is 9.52. The maximum Gasteiger partial charge on any atom is 0.308 e. The number of rotatable bonds is 1. The number of hydrogen-bond donors (Lipinski definition) is 0. The average Bonchev–Trinajstić information content (AvgIpc) is 2.60. The third kappa shape index (κ3) is 3.30. The fourth-order valence-corrected chi connectivity index (χ4v) is 4.72. The summed E-state index contributed by atoms with van der Waals surface area (Å²) in [6.45, 7) is 13.4. The second kappa shape index (κ2) is 5.33. The topological polar surface area (TPSA) is 60.4 Å². The van der Waals surface area contributed by atoms with Crippen LogP contribution >= 0.6 is 0 Å². The van der Waals surface area contributed by atoms with Gasteiger partial charge >= 0.3 is 5.97 Å². The van der Waals surface area contributed by atoms with Crippen molar-refractivity contribution < 1.29 is 17.9 Å². The van der Waals surface area contributed by atoms with Crippen molar-refractivity contribution in [2.45, 2.75) is 70.6 Å². The van der Waals surface area contributed by atoms with E-state index in [1.54, 1.807) is 6.07 Å². The van der Waals surface area contributed by atoms with Crippen molar-refractivity contribution in [1.82, 2.24) is 0 Å². The van der Waals surface area contributed by atoms with Gasteiger partial charge in [-0.15, -0.1) is 0 Å². The summed E-state index contributed by atoms with van der Waals surface area (Å²) in [5.74, 6) is 0.272. The van der Waals surface area contributed by atoms with Crippen molar-refractivity contribution in [3.63, 3.8) is 0 Å². The molecule has 0 saturated heterocycles. The van der Waals surface area contributed by atoms with Crippen LogP contribution in [0.3, 0.4) is 0 Å². The second-order valence-corrected chi connectivity index (χ2v) is 10.3. The van der Waals surface area contributed by atoms with E-state index in [0.717, 1.165) is 16.7 Å². The van der Waals surface area contributed by atoms with E-state index in [-0.39, 0.29) is 22.6 Å².